The predicted octanol–water partition coefficient (Wildman–Crippen LogP) is 3.63. The third kappa shape index (κ3) is 2.25. The molecule has 154 valence electrons. The van der Waals surface area contributed by atoms with Crippen molar-refractivity contribution in [2.45, 2.75) is 29.6 Å². The van der Waals surface area contributed by atoms with Crippen molar-refractivity contribution in [1.29, 1.82) is 0 Å². The molecule has 0 radical (unpaired) electrons. The number of aromatic nitrogens is 2. The summed E-state index contributed by atoms with van der Waals surface area (Å²) in [5.74, 6) is -0.466. The van der Waals surface area contributed by atoms with Gasteiger partial charge in [0, 0.05) is 5.56 Å². The standard InChI is InChI=1S/C20H14F3N3O3S/c1-19-15-5-3-2-4-13(15)17(14-10-24-25-16(14)18(19)27)26(19)30(28,29)12-8-6-11(7-9-12)20(21,22)23/h2-10,17H,1H3,(H,24,25). The van der Waals surface area contributed by atoms with Crippen molar-refractivity contribution in [3.63, 3.8) is 0 Å². The van der Waals surface area contributed by atoms with E-state index in [-0.39, 0.29) is 10.6 Å². The van der Waals surface area contributed by atoms with Crippen LogP contribution in [-0.2, 0) is 21.7 Å². The fourth-order valence-electron chi connectivity index (χ4n) is 4.43. The third-order valence-electron chi connectivity index (χ3n) is 5.83. The van der Waals surface area contributed by atoms with E-state index in [0.717, 1.165) is 28.6 Å². The Bertz CT molecular complexity index is 1300. The van der Waals surface area contributed by atoms with Gasteiger partial charge in [-0.05, 0) is 42.3 Å². The lowest BCUT2D eigenvalue weighted by atomic mass is 9.87. The number of aromatic amines is 1. The van der Waals surface area contributed by atoms with Crippen LogP contribution in [0.3, 0.4) is 0 Å². The Kier molecular flexibility index (Phi) is 3.67. The number of benzene rings is 2. The second kappa shape index (κ2) is 5.79. The summed E-state index contributed by atoms with van der Waals surface area (Å²) in [5, 5.41) is 6.57. The van der Waals surface area contributed by atoms with E-state index in [1.165, 1.54) is 13.1 Å². The summed E-state index contributed by atoms with van der Waals surface area (Å²) in [7, 11) is -4.34. The van der Waals surface area contributed by atoms with Crippen LogP contribution in [0.2, 0.25) is 0 Å². The molecule has 3 aromatic rings. The molecule has 0 fully saturated rings. The first kappa shape index (κ1) is 19.0. The number of halogens is 3. The van der Waals surface area contributed by atoms with Crippen molar-refractivity contribution in [2.24, 2.45) is 0 Å². The van der Waals surface area contributed by atoms with E-state index in [1.54, 1.807) is 24.3 Å². The summed E-state index contributed by atoms with van der Waals surface area (Å²) in [6.45, 7) is 1.51. The number of H-pyrrole nitrogens is 1. The fraction of sp³-hybridized carbons (Fsp3) is 0.200. The van der Waals surface area contributed by atoms with Crippen LogP contribution in [0, 0.1) is 0 Å². The molecule has 3 heterocycles. The van der Waals surface area contributed by atoms with Gasteiger partial charge in [0.15, 0.2) is 0 Å². The molecular formula is C20H14F3N3O3S. The zero-order valence-corrected chi connectivity index (χ0v) is 16.3. The molecule has 2 unspecified atom stereocenters. The first-order valence-corrected chi connectivity index (χ1v) is 10.4. The Balaban J connectivity index is 1.73. The number of alkyl halides is 3. The van der Waals surface area contributed by atoms with Gasteiger partial charge in [-0.15, -0.1) is 0 Å². The first-order valence-electron chi connectivity index (χ1n) is 8.97. The van der Waals surface area contributed by atoms with E-state index < -0.39 is 39.1 Å². The number of carbonyl (C=O) groups excluding carboxylic acids is 1. The largest absolute Gasteiger partial charge is 0.416 e. The minimum Gasteiger partial charge on any atom is -0.290 e. The SMILES string of the molecule is CC12C(=O)c3[nH]ncc3C(c3ccccc31)N2S(=O)(=O)c1ccc(C(F)(F)F)cc1. The molecule has 5 rings (SSSR count). The Morgan fingerprint density at radius 1 is 1.07 bits per heavy atom. The third-order valence-corrected chi connectivity index (χ3v) is 7.79. The number of hydrogen-bond acceptors (Lipinski definition) is 4. The summed E-state index contributed by atoms with van der Waals surface area (Å²) in [4.78, 5) is 13.0. The van der Waals surface area contributed by atoms with Gasteiger partial charge >= 0.3 is 6.18 Å². The Morgan fingerprint density at radius 2 is 1.73 bits per heavy atom. The topological polar surface area (TPSA) is 83.1 Å². The van der Waals surface area contributed by atoms with Gasteiger partial charge in [-0.2, -0.15) is 22.6 Å². The van der Waals surface area contributed by atoms with Gasteiger partial charge in [0.25, 0.3) is 0 Å². The summed E-state index contributed by atoms with van der Waals surface area (Å²) in [6.07, 6.45) is -3.18. The predicted molar refractivity (Wildman–Crippen MR) is 99.0 cm³/mol. The Morgan fingerprint density at radius 3 is 2.40 bits per heavy atom. The van der Waals surface area contributed by atoms with Crippen LogP contribution in [0.5, 0.6) is 0 Å². The first-order chi connectivity index (χ1) is 14.1. The van der Waals surface area contributed by atoms with E-state index in [0.29, 0.717) is 16.7 Å². The minimum absolute atomic E-state index is 0.234. The molecule has 0 saturated carbocycles. The normalized spacial score (nSPS) is 23.3. The number of nitrogens with one attached hydrogen (secondary N) is 1. The van der Waals surface area contributed by atoms with Crippen LogP contribution in [0.1, 0.15) is 45.7 Å². The number of carbonyl (C=O) groups is 1. The molecule has 0 amide bonds. The molecule has 2 bridgehead atoms. The molecule has 2 aliphatic rings. The fourth-order valence-corrected chi connectivity index (χ4v) is 6.31. The molecular weight excluding hydrogens is 419 g/mol. The average molecular weight is 433 g/mol. The number of sulfonamides is 1. The quantitative estimate of drug-likeness (QED) is 0.669. The summed E-state index contributed by atoms with van der Waals surface area (Å²) >= 11 is 0. The van der Waals surface area contributed by atoms with E-state index in [4.69, 9.17) is 0 Å². The lowest BCUT2D eigenvalue weighted by Crippen LogP contribution is -2.52. The molecule has 6 nitrogen and oxygen atoms in total. The van der Waals surface area contributed by atoms with Crippen molar-refractivity contribution >= 4 is 15.8 Å². The van der Waals surface area contributed by atoms with Crippen LogP contribution in [0.25, 0.3) is 0 Å². The lowest BCUT2D eigenvalue weighted by molar-refractivity contribution is -0.137. The molecule has 0 spiro atoms. The number of fused-ring (bicyclic) bond motifs is 7. The number of nitrogens with zero attached hydrogens (tertiary/aromatic N) is 2. The monoisotopic (exact) mass is 433 g/mol. The lowest BCUT2D eigenvalue weighted by Gasteiger charge is -2.39. The van der Waals surface area contributed by atoms with Gasteiger partial charge in [0.1, 0.15) is 11.2 Å². The molecule has 2 atom stereocenters. The van der Waals surface area contributed by atoms with Crippen LogP contribution < -0.4 is 0 Å². The van der Waals surface area contributed by atoms with Crippen LogP contribution in [-0.4, -0.2) is 28.7 Å². The number of Topliss-reactive ketones (excluding diaryl/α,β-unsaturated/α-hetero) is 1. The molecule has 0 aliphatic carbocycles. The smallest absolute Gasteiger partial charge is 0.290 e. The second-order valence-corrected chi connectivity index (χ2v) is 9.23. The maximum atomic E-state index is 13.6. The minimum atomic E-state index is -4.59. The number of rotatable bonds is 2. The highest BCUT2D eigenvalue weighted by atomic mass is 32.2. The van der Waals surface area contributed by atoms with Crippen LogP contribution >= 0.6 is 0 Å². The van der Waals surface area contributed by atoms with E-state index in [1.807, 2.05) is 0 Å². The van der Waals surface area contributed by atoms with Crippen LogP contribution in [0.4, 0.5) is 13.2 Å². The molecule has 1 N–H and O–H groups in total. The van der Waals surface area contributed by atoms with Gasteiger partial charge in [0.05, 0.1) is 22.7 Å². The van der Waals surface area contributed by atoms with E-state index in [9.17, 15) is 26.4 Å². The highest BCUT2D eigenvalue weighted by Crippen LogP contribution is 2.56. The van der Waals surface area contributed by atoms with Crippen molar-refractivity contribution < 1.29 is 26.4 Å². The second-order valence-electron chi connectivity index (χ2n) is 7.41. The maximum absolute atomic E-state index is 13.6. The van der Waals surface area contributed by atoms with Gasteiger partial charge in [-0.25, -0.2) is 8.42 Å². The number of ketones is 1. The molecule has 2 aliphatic heterocycles. The highest BCUT2D eigenvalue weighted by molar-refractivity contribution is 7.89. The Labute approximate surface area is 169 Å². The van der Waals surface area contributed by atoms with Crippen molar-refractivity contribution in [2.75, 3.05) is 0 Å². The summed E-state index contributed by atoms with van der Waals surface area (Å²) in [6, 6.07) is 9.37. The van der Waals surface area contributed by atoms with Crippen molar-refractivity contribution in [1.82, 2.24) is 14.5 Å². The summed E-state index contributed by atoms with van der Waals surface area (Å²) in [5.41, 5.74) is -0.673. The molecule has 1 aromatic heterocycles. The van der Waals surface area contributed by atoms with Crippen molar-refractivity contribution in [3.8, 4) is 0 Å². The van der Waals surface area contributed by atoms with Gasteiger partial charge in [-0.3, -0.25) is 9.89 Å². The molecule has 0 saturated heterocycles. The number of hydrogen-bond donors (Lipinski definition) is 1. The zero-order chi connectivity index (χ0) is 21.5. The molecule has 30 heavy (non-hydrogen) atoms. The average Bonchev–Trinajstić information content (AvgIpc) is 3.27. The van der Waals surface area contributed by atoms with Crippen LogP contribution in [0.15, 0.2) is 59.6 Å². The summed E-state index contributed by atoms with van der Waals surface area (Å²) < 4.78 is 67.1. The highest BCUT2D eigenvalue weighted by Gasteiger charge is 2.62. The van der Waals surface area contributed by atoms with E-state index in [2.05, 4.69) is 10.2 Å². The maximum Gasteiger partial charge on any atom is 0.416 e. The zero-order valence-electron chi connectivity index (χ0n) is 15.4. The van der Waals surface area contributed by atoms with Gasteiger partial charge < -0.3 is 0 Å². The molecule has 2 aromatic carbocycles. The Hall–Kier alpha value is -2.98. The van der Waals surface area contributed by atoms with Gasteiger partial charge in [0.2, 0.25) is 15.8 Å². The van der Waals surface area contributed by atoms with Crippen molar-refractivity contribution in [3.05, 3.63) is 82.7 Å². The van der Waals surface area contributed by atoms with Gasteiger partial charge in [-0.1, -0.05) is 24.3 Å². The van der Waals surface area contributed by atoms with E-state index >= 15 is 0 Å². The molecule has 10 heteroatoms.